The SMILES string of the molecule is Cn1c(Cc2cccs2)nnc1SC(C(N)=O)c1ccccc1. The smallest absolute Gasteiger partial charge is 0.235 e. The van der Waals surface area contributed by atoms with Gasteiger partial charge in [0.05, 0.1) is 0 Å². The van der Waals surface area contributed by atoms with Gasteiger partial charge in [0.2, 0.25) is 5.91 Å². The maximum Gasteiger partial charge on any atom is 0.235 e. The molecule has 0 aliphatic carbocycles. The molecular formula is C16H16N4OS2. The number of hydrogen-bond acceptors (Lipinski definition) is 5. The molecule has 118 valence electrons. The fourth-order valence-corrected chi connectivity index (χ4v) is 3.87. The van der Waals surface area contributed by atoms with Crippen LogP contribution < -0.4 is 5.73 Å². The number of nitrogens with two attached hydrogens (primary N) is 1. The summed E-state index contributed by atoms with van der Waals surface area (Å²) in [7, 11) is 1.91. The second kappa shape index (κ2) is 6.97. The lowest BCUT2D eigenvalue weighted by Crippen LogP contribution is -2.19. The summed E-state index contributed by atoms with van der Waals surface area (Å²) in [4.78, 5) is 13.1. The summed E-state index contributed by atoms with van der Waals surface area (Å²) in [6.45, 7) is 0. The largest absolute Gasteiger partial charge is 0.368 e. The Hall–Kier alpha value is -2.12. The molecule has 3 rings (SSSR count). The van der Waals surface area contributed by atoms with E-state index in [1.165, 1.54) is 16.6 Å². The third-order valence-electron chi connectivity index (χ3n) is 3.42. The first-order chi connectivity index (χ1) is 11.1. The van der Waals surface area contributed by atoms with Crippen LogP contribution in [-0.4, -0.2) is 20.7 Å². The van der Waals surface area contributed by atoms with Crippen molar-refractivity contribution in [3.05, 3.63) is 64.1 Å². The fourth-order valence-electron chi connectivity index (χ4n) is 2.19. The van der Waals surface area contributed by atoms with E-state index in [4.69, 9.17) is 5.73 Å². The number of thioether (sulfide) groups is 1. The van der Waals surface area contributed by atoms with Crippen molar-refractivity contribution in [3.8, 4) is 0 Å². The van der Waals surface area contributed by atoms with E-state index in [9.17, 15) is 4.79 Å². The van der Waals surface area contributed by atoms with Gasteiger partial charge in [0.25, 0.3) is 0 Å². The Morgan fingerprint density at radius 3 is 2.70 bits per heavy atom. The molecule has 1 aromatic carbocycles. The van der Waals surface area contributed by atoms with Crippen molar-refractivity contribution < 1.29 is 4.79 Å². The van der Waals surface area contributed by atoms with Crippen LogP contribution in [0.2, 0.25) is 0 Å². The minimum absolute atomic E-state index is 0.385. The lowest BCUT2D eigenvalue weighted by atomic mass is 10.1. The molecule has 2 aromatic heterocycles. The maximum absolute atomic E-state index is 11.8. The Morgan fingerprint density at radius 2 is 2.04 bits per heavy atom. The van der Waals surface area contributed by atoms with Gasteiger partial charge in [0, 0.05) is 18.3 Å². The molecule has 1 atom stereocenters. The van der Waals surface area contributed by atoms with Gasteiger partial charge in [-0.2, -0.15) is 0 Å². The van der Waals surface area contributed by atoms with Crippen LogP contribution >= 0.6 is 23.1 Å². The van der Waals surface area contributed by atoms with Crippen LogP contribution in [0.25, 0.3) is 0 Å². The van der Waals surface area contributed by atoms with Gasteiger partial charge in [0.15, 0.2) is 5.16 Å². The molecule has 0 fully saturated rings. The van der Waals surface area contributed by atoms with Crippen LogP contribution in [0.1, 0.15) is 21.5 Å². The predicted octanol–water partition coefficient (Wildman–Crippen LogP) is 2.79. The first-order valence-electron chi connectivity index (χ1n) is 7.06. The van der Waals surface area contributed by atoms with Crippen LogP contribution in [0.15, 0.2) is 53.0 Å². The maximum atomic E-state index is 11.8. The van der Waals surface area contributed by atoms with Gasteiger partial charge < -0.3 is 10.3 Å². The van der Waals surface area contributed by atoms with Crippen molar-refractivity contribution in [2.45, 2.75) is 16.8 Å². The van der Waals surface area contributed by atoms with Crippen molar-refractivity contribution in [2.24, 2.45) is 12.8 Å². The van der Waals surface area contributed by atoms with Crippen molar-refractivity contribution in [1.82, 2.24) is 14.8 Å². The normalized spacial score (nSPS) is 12.2. The second-order valence-corrected chi connectivity index (χ2v) is 7.13. The highest BCUT2D eigenvalue weighted by Gasteiger charge is 2.22. The van der Waals surface area contributed by atoms with E-state index in [1.54, 1.807) is 11.3 Å². The van der Waals surface area contributed by atoms with E-state index in [2.05, 4.69) is 16.3 Å². The van der Waals surface area contributed by atoms with E-state index in [0.29, 0.717) is 5.16 Å². The number of primary amides is 1. The monoisotopic (exact) mass is 344 g/mol. The van der Waals surface area contributed by atoms with Gasteiger partial charge in [-0.3, -0.25) is 4.79 Å². The average molecular weight is 344 g/mol. The number of aromatic nitrogens is 3. The molecule has 1 unspecified atom stereocenters. The summed E-state index contributed by atoms with van der Waals surface area (Å²) >= 11 is 3.02. The number of nitrogens with zero attached hydrogens (tertiary/aromatic N) is 3. The number of rotatable bonds is 6. The molecule has 2 N–H and O–H groups in total. The minimum atomic E-state index is -0.478. The molecule has 7 heteroatoms. The van der Waals surface area contributed by atoms with Gasteiger partial charge in [-0.25, -0.2) is 0 Å². The Bertz CT molecular complexity index is 784. The highest BCUT2D eigenvalue weighted by atomic mass is 32.2. The van der Waals surface area contributed by atoms with E-state index in [-0.39, 0.29) is 5.91 Å². The zero-order valence-corrected chi connectivity index (χ0v) is 14.2. The number of hydrogen-bond donors (Lipinski definition) is 1. The van der Waals surface area contributed by atoms with Crippen molar-refractivity contribution >= 4 is 29.0 Å². The number of carbonyl (C=O) groups is 1. The summed E-state index contributed by atoms with van der Waals surface area (Å²) in [6.07, 6.45) is 0.730. The lowest BCUT2D eigenvalue weighted by molar-refractivity contribution is -0.117. The standard InChI is InChI=1S/C16H16N4OS2/c1-20-13(10-12-8-5-9-22-12)18-19-16(20)23-14(15(17)21)11-6-3-2-4-7-11/h2-9,14H,10H2,1H3,(H2,17,21). The van der Waals surface area contributed by atoms with Gasteiger partial charge in [-0.05, 0) is 17.0 Å². The number of benzene rings is 1. The van der Waals surface area contributed by atoms with E-state index >= 15 is 0 Å². The number of thiophene rings is 1. The van der Waals surface area contributed by atoms with Gasteiger partial charge >= 0.3 is 0 Å². The quantitative estimate of drug-likeness (QED) is 0.698. The molecule has 1 amide bonds. The van der Waals surface area contributed by atoms with Crippen LogP contribution in [0, 0.1) is 0 Å². The summed E-state index contributed by atoms with van der Waals surface area (Å²) in [5.74, 6) is 0.482. The molecule has 0 aliphatic heterocycles. The molecule has 0 aliphatic rings. The summed E-state index contributed by atoms with van der Waals surface area (Å²) < 4.78 is 1.92. The summed E-state index contributed by atoms with van der Waals surface area (Å²) in [5.41, 5.74) is 6.44. The van der Waals surface area contributed by atoms with Crippen LogP contribution in [0.5, 0.6) is 0 Å². The molecule has 2 heterocycles. The summed E-state index contributed by atoms with van der Waals surface area (Å²) in [6, 6.07) is 13.6. The fraction of sp³-hybridized carbons (Fsp3) is 0.188. The Labute approximate surface area is 142 Å². The molecule has 0 saturated heterocycles. The first-order valence-corrected chi connectivity index (χ1v) is 8.82. The Balaban J connectivity index is 1.81. The molecule has 0 saturated carbocycles. The third-order valence-corrected chi connectivity index (χ3v) is 5.60. The molecule has 3 aromatic rings. The highest BCUT2D eigenvalue weighted by Crippen LogP contribution is 2.34. The van der Waals surface area contributed by atoms with Crippen molar-refractivity contribution in [1.29, 1.82) is 0 Å². The molecule has 0 bridgehead atoms. The lowest BCUT2D eigenvalue weighted by Gasteiger charge is -2.12. The number of carbonyl (C=O) groups excluding carboxylic acids is 1. The summed E-state index contributed by atoms with van der Waals surface area (Å²) in [5, 5.41) is 10.7. The molecule has 0 spiro atoms. The third kappa shape index (κ3) is 3.62. The average Bonchev–Trinajstić information content (AvgIpc) is 3.18. The molecule has 0 radical (unpaired) electrons. The zero-order chi connectivity index (χ0) is 16.2. The topological polar surface area (TPSA) is 73.8 Å². The van der Waals surface area contributed by atoms with Crippen LogP contribution in [-0.2, 0) is 18.3 Å². The van der Waals surface area contributed by atoms with Crippen molar-refractivity contribution in [3.63, 3.8) is 0 Å². The molecular weight excluding hydrogens is 328 g/mol. The van der Waals surface area contributed by atoms with E-state index < -0.39 is 5.25 Å². The second-order valence-electron chi connectivity index (χ2n) is 5.02. The van der Waals surface area contributed by atoms with Gasteiger partial charge in [-0.15, -0.1) is 21.5 Å². The minimum Gasteiger partial charge on any atom is -0.368 e. The number of amides is 1. The van der Waals surface area contributed by atoms with Crippen molar-refractivity contribution in [2.75, 3.05) is 0 Å². The predicted molar refractivity (Wildman–Crippen MR) is 92.4 cm³/mol. The highest BCUT2D eigenvalue weighted by molar-refractivity contribution is 8.00. The molecule has 23 heavy (non-hydrogen) atoms. The Kier molecular flexibility index (Phi) is 4.78. The zero-order valence-electron chi connectivity index (χ0n) is 12.5. The van der Waals surface area contributed by atoms with E-state index in [1.807, 2.05) is 53.4 Å². The van der Waals surface area contributed by atoms with Crippen LogP contribution in [0.3, 0.4) is 0 Å². The van der Waals surface area contributed by atoms with Gasteiger partial charge in [0.1, 0.15) is 11.1 Å². The first kappa shape index (κ1) is 15.8. The molecule has 5 nitrogen and oxygen atoms in total. The van der Waals surface area contributed by atoms with Gasteiger partial charge in [-0.1, -0.05) is 48.2 Å². The van der Waals surface area contributed by atoms with Crippen LogP contribution in [0.4, 0.5) is 0 Å². The van der Waals surface area contributed by atoms with E-state index in [0.717, 1.165) is 17.8 Å². The Morgan fingerprint density at radius 1 is 1.26 bits per heavy atom.